The lowest BCUT2D eigenvalue weighted by molar-refractivity contribution is -0.149. The molecule has 0 unspecified atom stereocenters. The van der Waals surface area contributed by atoms with Crippen molar-refractivity contribution in [3.8, 4) is 0 Å². The maximum Gasteiger partial charge on any atom is 0.322 e. The monoisotopic (exact) mass is 505 g/mol. The first-order valence-electron chi connectivity index (χ1n) is 11.6. The summed E-state index contributed by atoms with van der Waals surface area (Å²) in [4.78, 5) is 27.1. The van der Waals surface area contributed by atoms with E-state index in [2.05, 4.69) is 10.6 Å². The number of amides is 3. The van der Waals surface area contributed by atoms with Gasteiger partial charge in [0.15, 0.2) is 0 Å². The third-order valence-corrected chi connectivity index (χ3v) is 6.53. The van der Waals surface area contributed by atoms with Crippen molar-refractivity contribution in [2.24, 2.45) is 0 Å². The number of urea groups is 1. The summed E-state index contributed by atoms with van der Waals surface area (Å²) in [5.74, 6) is -0.616. The minimum Gasteiger partial charge on any atom is -0.389 e. The molecule has 8 nitrogen and oxygen atoms in total. The number of nitrogens with one attached hydrogen (secondary N) is 2. The first-order chi connectivity index (χ1) is 16.9. The van der Waals surface area contributed by atoms with Gasteiger partial charge in [0.05, 0.1) is 44.4 Å². The second kappa shape index (κ2) is 11.8. The number of halogens is 2. The van der Waals surface area contributed by atoms with E-state index >= 15 is 0 Å². The Balaban J connectivity index is 1.36. The molecular weight excluding hydrogens is 477 g/mol. The fourth-order valence-electron chi connectivity index (χ4n) is 4.45. The van der Waals surface area contributed by atoms with Crippen molar-refractivity contribution in [2.75, 3.05) is 25.1 Å². The number of rotatable bonds is 5. The zero-order valence-corrected chi connectivity index (χ0v) is 19.9. The standard InChI is InChI=1S/C25H29ClFN3O5/c26-21-7-2-1-4-16(21)12-28-24(32)11-20-8-9-22-23(35-20)15-34-14-19(31)13-30(22)25(33)29-18-6-3-5-17(27)10-18/h1-7,10,19-20,22-23,31H,8-9,11-15H2,(H,28,32)(H,29,33)/t19-,20-,22+,23-/m1/s1. The van der Waals surface area contributed by atoms with Gasteiger partial charge in [-0.15, -0.1) is 0 Å². The summed E-state index contributed by atoms with van der Waals surface area (Å²) >= 11 is 6.15. The van der Waals surface area contributed by atoms with E-state index in [1.807, 2.05) is 18.2 Å². The molecule has 2 aliphatic rings. The molecule has 10 heteroatoms. The highest BCUT2D eigenvalue weighted by molar-refractivity contribution is 6.31. The number of aliphatic hydroxyl groups excluding tert-OH is 1. The second-order valence-corrected chi connectivity index (χ2v) is 9.20. The summed E-state index contributed by atoms with van der Waals surface area (Å²) < 4.78 is 25.3. The van der Waals surface area contributed by atoms with Gasteiger partial charge in [-0.3, -0.25) is 4.79 Å². The Morgan fingerprint density at radius 2 is 1.97 bits per heavy atom. The second-order valence-electron chi connectivity index (χ2n) is 8.80. The molecular formula is C25H29ClFN3O5. The van der Waals surface area contributed by atoms with Crippen LogP contribution in [0.2, 0.25) is 5.02 Å². The molecule has 0 saturated carbocycles. The smallest absolute Gasteiger partial charge is 0.322 e. The van der Waals surface area contributed by atoms with Gasteiger partial charge in [0.25, 0.3) is 0 Å². The summed E-state index contributed by atoms with van der Waals surface area (Å²) in [6, 6.07) is 12.1. The largest absolute Gasteiger partial charge is 0.389 e. The fourth-order valence-corrected chi connectivity index (χ4v) is 4.65. The summed E-state index contributed by atoms with van der Waals surface area (Å²) in [5, 5.41) is 16.4. The Morgan fingerprint density at radius 1 is 1.14 bits per heavy atom. The maximum absolute atomic E-state index is 13.5. The van der Waals surface area contributed by atoms with Gasteiger partial charge in [-0.25, -0.2) is 9.18 Å². The maximum atomic E-state index is 13.5. The zero-order valence-electron chi connectivity index (χ0n) is 19.2. The third kappa shape index (κ3) is 6.91. The van der Waals surface area contributed by atoms with Crippen molar-refractivity contribution in [3.05, 3.63) is 64.9 Å². The van der Waals surface area contributed by atoms with E-state index in [-0.39, 0.29) is 44.2 Å². The van der Waals surface area contributed by atoms with Gasteiger partial charge in [0.1, 0.15) is 11.9 Å². The Labute approximate surface area is 208 Å². The fraction of sp³-hybridized carbons (Fsp3) is 0.440. The van der Waals surface area contributed by atoms with Crippen LogP contribution in [0, 0.1) is 5.82 Å². The molecule has 0 spiro atoms. The van der Waals surface area contributed by atoms with E-state index in [9.17, 15) is 19.1 Å². The summed E-state index contributed by atoms with van der Waals surface area (Å²) in [6.07, 6.45) is -0.353. The van der Waals surface area contributed by atoms with Crippen molar-refractivity contribution < 1.29 is 28.6 Å². The van der Waals surface area contributed by atoms with Gasteiger partial charge >= 0.3 is 6.03 Å². The molecule has 3 N–H and O–H groups in total. The molecule has 0 aliphatic carbocycles. The Hall–Kier alpha value is -2.72. The van der Waals surface area contributed by atoms with Crippen molar-refractivity contribution in [3.63, 3.8) is 0 Å². The minimum absolute atomic E-state index is 0.0503. The lowest BCUT2D eigenvalue weighted by atomic mass is 9.95. The quantitative estimate of drug-likeness (QED) is 0.579. The van der Waals surface area contributed by atoms with Crippen LogP contribution in [0.25, 0.3) is 0 Å². The van der Waals surface area contributed by atoms with Crippen LogP contribution in [0.3, 0.4) is 0 Å². The number of nitrogens with zero attached hydrogens (tertiary/aromatic N) is 1. The van der Waals surface area contributed by atoms with E-state index < -0.39 is 24.1 Å². The third-order valence-electron chi connectivity index (χ3n) is 6.16. The Morgan fingerprint density at radius 3 is 2.77 bits per heavy atom. The van der Waals surface area contributed by atoms with Crippen LogP contribution in [0.4, 0.5) is 14.9 Å². The van der Waals surface area contributed by atoms with Crippen LogP contribution in [0.15, 0.2) is 48.5 Å². The number of benzene rings is 2. The lowest BCUT2D eigenvalue weighted by Crippen LogP contribution is -2.58. The molecule has 2 fully saturated rings. The SMILES string of the molecule is O=C(C[C@H]1CC[C@H]2[C@@H](COC[C@H](O)CN2C(=O)Nc2cccc(F)c2)O1)NCc1ccccc1Cl. The normalized spacial score (nSPS) is 24.6. The molecule has 35 heavy (non-hydrogen) atoms. The molecule has 188 valence electrons. The van der Waals surface area contributed by atoms with Crippen molar-refractivity contribution in [1.29, 1.82) is 0 Å². The molecule has 0 bridgehead atoms. The molecule has 2 aromatic rings. The van der Waals surface area contributed by atoms with Gasteiger partial charge in [0, 0.05) is 17.3 Å². The molecule has 4 rings (SSSR count). The average molecular weight is 506 g/mol. The minimum atomic E-state index is -0.859. The Kier molecular flexibility index (Phi) is 8.56. The van der Waals surface area contributed by atoms with E-state index in [0.29, 0.717) is 30.1 Å². The summed E-state index contributed by atoms with van der Waals surface area (Å²) in [7, 11) is 0. The van der Waals surface area contributed by atoms with Crippen LogP contribution < -0.4 is 10.6 Å². The summed E-state index contributed by atoms with van der Waals surface area (Å²) in [5.41, 5.74) is 1.16. The number of carbonyl (C=O) groups is 2. The predicted octanol–water partition coefficient (Wildman–Crippen LogP) is 3.33. The average Bonchev–Trinajstić information content (AvgIpc) is 2.81. The summed E-state index contributed by atoms with van der Waals surface area (Å²) in [6.45, 7) is 0.615. The van der Waals surface area contributed by atoms with Gasteiger partial charge in [0.2, 0.25) is 5.91 Å². The van der Waals surface area contributed by atoms with Gasteiger partial charge < -0.3 is 30.1 Å². The van der Waals surface area contributed by atoms with Crippen LogP contribution in [0.1, 0.15) is 24.8 Å². The highest BCUT2D eigenvalue weighted by atomic mass is 35.5. The molecule has 0 aromatic heterocycles. The lowest BCUT2D eigenvalue weighted by Gasteiger charge is -2.44. The molecule has 2 heterocycles. The van der Waals surface area contributed by atoms with Crippen LogP contribution in [0.5, 0.6) is 0 Å². The highest BCUT2D eigenvalue weighted by Gasteiger charge is 2.40. The number of carbonyl (C=O) groups excluding carboxylic acids is 2. The van der Waals surface area contributed by atoms with E-state index in [1.54, 1.807) is 12.1 Å². The van der Waals surface area contributed by atoms with Crippen LogP contribution >= 0.6 is 11.6 Å². The number of hydrogen-bond acceptors (Lipinski definition) is 5. The molecule has 2 aromatic carbocycles. The number of ether oxygens (including phenoxy) is 2. The van der Waals surface area contributed by atoms with Crippen LogP contribution in [-0.4, -0.2) is 66.1 Å². The first-order valence-corrected chi connectivity index (χ1v) is 12.0. The molecule has 2 aliphatic heterocycles. The first kappa shape index (κ1) is 25.4. The topological polar surface area (TPSA) is 100 Å². The Bertz CT molecular complexity index is 1040. The molecule has 2 saturated heterocycles. The molecule has 3 amide bonds. The van der Waals surface area contributed by atoms with Crippen molar-refractivity contribution in [1.82, 2.24) is 10.2 Å². The number of aliphatic hydroxyl groups is 1. The van der Waals surface area contributed by atoms with Gasteiger partial charge in [-0.05, 0) is 42.7 Å². The predicted molar refractivity (Wildman–Crippen MR) is 129 cm³/mol. The molecule has 4 atom stereocenters. The van der Waals surface area contributed by atoms with Crippen molar-refractivity contribution in [2.45, 2.75) is 50.2 Å². The van der Waals surface area contributed by atoms with E-state index in [0.717, 1.165) is 5.56 Å². The van der Waals surface area contributed by atoms with Gasteiger partial charge in [-0.2, -0.15) is 0 Å². The van der Waals surface area contributed by atoms with Crippen LogP contribution in [-0.2, 0) is 20.8 Å². The molecule has 0 radical (unpaired) electrons. The number of hydrogen-bond donors (Lipinski definition) is 3. The van der Waals surface area contributed by atoms with E-state index in [4.69, 9.17) is 21.1 Å². The highest BCUT2D eigenvalue weighted by Crippen LogP contribution is 2.28. The number of anilines is 1. The van der Waals surface area contributed by atoms with E-state index in [1.165, 1.54) is 23.1 Å². The number of fused-ring (bicyclic) bond motifs is 1. The van der Waals surface area contributed by atoms with Gasteiger partial charge in [-0.1, -0.05) is 35.9 Å². The zero-order chi connectivity index (χ0) is 24.8. The van der Waals surface area contributed by atoms with Crippen molar-refractivity contribution >= 4 is 29.2 Å². The number of β-amino-alcohol motifs (C(OH)–C–C–N with tert-alkyl or cyclic N) is 1.